The molecule has 1 N–H and O–H groups in total. The Balaban J connectivity index is 2.18. The van der Waals surface area contributed by atoms with Gasteiger partial charge in [-0.25, -0.2) is 4.98 Å². The van der Waals surface area contributed by atoms with Crippen LogP contribution in [0.2, 0.25) is 0 Å². The Hall–Kier alpha value is -1.49. The summed E-state index contributed by atoms with van der Waals surface area (Å²) in [5.41, 5.74) is 4.23. The van der Waals surface area contributed by atoms with Gasteiger partial charge < -0.3 is 9.67 Å². The molecule has 1 aromatic heterocycles. The normalized spacial score (nSPS) is 18.8. The summed E-state index contributed by atoms with van der Waals surface area (Å²) in [4.78, 5) is 15.9. The maximum absolute atomic E-state index is 11.2. The third-order valence-electron chi connectivity index (χ3n) is 3.90. The minimum atomic E-state index is -0.813. The predicted octanol–water partition coefficient (Wildman–Crippen LogP) is 3.31. The van der Waals surface area contributed by atoms with E-state index >= 15 is 0 Å². The Labute approximate surface area is 122 Å². The third-order valence-corrected chi connectivity index (χ3v) is 5.28. The summed E-state index contributed by atoms with van der Waals surface area (Å²) >= 11 is 1.88. The number of carboxylic acid groups (broad SMARTS) is 1. The number of aryl methyl sites for hydroxylation is 2. The van der Waals surface area contributed by atoms with Crippen molar-refractivity contribution in [1.82, 2.24) is 9.55 Å². The van der Waals surface area contributed by atoms with Crippen LogP contribution in [-0.4, -0.2) is 26.4 Å². The molecule has 1 aromatic carbocycles. The number of rotatable bonds is 3. The Morgan fingerprint density at radius 1 is 1.45 bits per heavy atom. The van der Waals surface area contributed by atoms with Crippen molar-refractivity contribution < 1.29 is 9.90 Å². The smallest absolute Gasteiger partial charge is 0.323 e. The first-order valence-electron chi connectivity index (χ1n) is 6.87. The average molecular weight is 290 g/mol. The van der Waals surface area contributed by atoms with Crippen molar-refractivity contribution in [3.63, 3.8) is 0 Å². The fraction of sp³-hybridized carbons (Fsp3) is 0.467. The van der Waals surface area contributed by atoms with Crippen LogP contribution in [0.1, 0.15) is 35.0 Å². The molecule has 1 fully saturated rings. The summed E-state index contributed by atoms with van der Waals surface area (Å²) in [6.07, 6.45) is 2.27. The van der Waals surface area contributed by atoms with E-state index in [2.05, 4.69) is 26.0 Å². The minimum absolute atomic E-state index is 0.00854. The Kier molecular flexibility index (Phi) is 3.46. The molecule has 1 aliphatic heterocycles. The molecule has 4 nitrogen and oxygen atoms in total. The minimum Gasteiger partial charge on any atom is -0.480 e. The maximum Gasteiger partial charge on any atom is 0.323 e. The van der Waals surface area contributed by atoms with Gasteiger partial charge in [0, 0.05) is 0 Å². The molecule has 0 amide bonds. The van der Waals surface area contributed by atoms with Gasteiger partial charge in [0.25, 0.3) is 0 Å². The van der Waals surface area contributed by atoms with Crippen LogP contribution >= 0.6 is 11.8 Å². The highest BCUT2D eigenvalue weighted by atomic mass is 32.2. The van der Waals surface area contributed by atoms with Crippen molar-refractivity contribution in [3.8, 4) is 0 Å². The fourth-order valence-electron chi connectivity index (χ4n) is 2.73. The van der Waals surface area contributed by atoms with Crippen LogP contribution in [0.5, 0.6) is 0 Å². The van der Waals surface area contributed by atoms with Gasteiger partial charge >= 0.3 is 5.97 Å². The van der Waals surface area contributed by atoms with Gasteiger partial charge in [-0.05, 0) is 55.7 Å². The lowest BCUT2D eigenvalue weighted by atomic mass is 10.1. The van der Waals surface area contributed by atoms with E-state index < -0.39 is 5.97 Å². The molecule has 1 saturated heterocycles. The van der Waals surface area contributed by atoms with Crippen molar-refractivity contribution >= 4 is 28.8 Å². The fourth-order valence-corrected chi connectivity index (χ4v) is 4.01. The van der Waals surface area contributed by atoms with Gasteiger partial charge in [-0.15, -0.1) is 0 Å². The van der Waals surface area contributed by atoms with Crippen LogP contribution < -0.4 is 0 Å². The van der Waals surface area contributed by atoms with Crippen LogP contribution in [0, 0.1) is 13.8 Å². The molecule has 0 aliphatic carbocycles. The summed E-state index contributed by atoms with van der Waals surface area (Å²) in [5.74, 6) is 1.25. The van der Waals surface area contributed by atoms with E-state index in [0.29, 0.717) is 5.25 Å². The molecule has 0 spiro atoms. The molecule has 1 unspecified atom stereocenters. The molecular weight excluding hydrogens is 272 g/mol. The third kappa shape index (κ3) is 2.30. The monoisotopic (exact) mass is 290 g/mol. The summed E-state index contributed by atoms with van der Waals surface area (Å²) in [7, 11) is 0. The van der Waals surface area contributed by atoms with Crippen LogP contribution in [0.15, 0.2) is 12.1 Å². The quantitative estimate of drug-likeness (QED) is 0.942. The van der Waals surface area contributed by atoms with Crippen LogP contribution in [0.4, 0.5) is 0 Å². The van der Waals surface area contributed by atoms with Gasteiger partial charge in [0.15, 0.2) is 0 Å². The van der Waals surface area contributed by atoms with E-state index in [4.69, 9.17) is 4.98 Å². The predicted molar refractivity (Wildman–Crippen MR) is 81.3 cm³/mol. The lowest BCUT2D eigenvalue weighted by Crippen LogP contribution is -2.13. The van der Waals surface area contributed by atoms with Crippen molar-refractivity contribution in [2.45, 2.75) is 38.5 Å². The average Bonchev–Trinajstić information content (AvgIpc) is 2.99. The second-order valence-corrected chi connectivity index (χ2v) is 6.69. The highest BCUT2D eigenvalue weighted by molar-refractivity contribution is 7.99. The molecular formula is C15H18N2O2S. The van der Waals surface area contributed by atoms with Crippen molar-refractivity contribution in [2.24, 2.45) is 0 Å². The van der Waals surface area contributed by atoms with E-state index in [1.807, 2.05) is 16.3 Å². The zero-order chi connectivity index (χ0) is 14.3. The number of imidazole rings is 1. The zero-order valence-corrected chi connectivity index (χ0v) is 12.5. The van der Waals surface area contributed by atoms with Crippen LogP contribution in [-0.2, 0) is 11.3 Å². The Morgan fingerprint density at radius 2 is 2.20 bits per heavy atom. The number of carbonyl (C=O) groups is 1. The Morgan fingerprint density at radius 3 is 2.85 bits per heavy atom. The van der Waals surface area contributed by atoms with Gasteiger partial charge in [0.1, 0.15) is 12.4 Å². The largest absolute Gasteiger partial charge is 0.480 e. The lowest BCUT2D eigenvalue weighted by molar-refractivity contribution is -0.137. The van der Waals surface area contributed by atoms with Crippen LogP contribution in [0.25, 0.3) is 11.0 Å². The van der Waals surface area contributed by atoms with Crippen LogP contribution in [0.3, 0.4) is 0 Å². The highest BCUT2D eigenvalue weighted by Crippen LogP contribution is 2.40. The van der Waals surface area contributed by atoms with E-state index in [1.165, 1.54) is 17.5 Å². The summed E-state index contributed by atoms with van der Waals surface area (Å²) < 4.78 is 1.88. The topological polar surface area (TPSA) is 55.1 Å². The number of fused-ring (bicyclic) bond motifs is 1. The number of carboxylic acids is 1. The van der Waals surface area contributed by atoms with Gasteiger partial charge in [-0.3, -0.25) is 4.79 Å². The molecule has 1 atom stereocenters. The summed E-state index contributed by atoms with van der Waals surface area (Å²) in [6, 6.07) is 4.12. The highest BCUT2D eigenvalue weighted by Gasteiger charge is 2.25. The SMILES string of the molecule is Cc1cc2nc(C3CCCS3)n(CC(=O)O)c2cc1C. The first-order chi connectivity index (χ1) is 9.56. The van der Waals surface area contributed by atoms with Gasteiger partial charge in [0.05, 0.1) is 16.3 Å². The van der Waals surface area contributed by atoms with Gasteiger partial charge in [0.2, 0.25) is 0 Å². The molecule has 0 saturated carbocycles. The summed E-state index contributed by atoms with van der Waals surface area (Å²) in [6.45, 7) is 4.11. The zero-order valence-electron chi connectivity index (χ0n) is 11.7. The molecule has 20 heavy (non-hydrogen) atoms. The maximum atomic E-state index is 11.2. The van der Waals surface area contributed by atoms with E-state index in [0.717, 1.165) is 29.0 Å². The van der Waals surface area contributed by atoms with Crippen molar-refractivity contribution in [1.29, 1.82) is 0 Å². The first kappa shape index (κ1) is 13.5. The number of aliphatic carboxylic acids is 1. The number of aromatic nitrogens is 2. The van der Waals surface area contributed by atoms with E-state index in [1.54, 1.807) is 0 Å². The second kappa shape index (κ2) is 5.13. The van der Waals surface area contributed by atoms with Crippen molar-refractivity contribution in [2.75, 3.05) is 5.75 Å². The molecule has 5 heteroatoms. The molecule has 0 radical (unpaired) electrons. The molecule has 106 valence electrons. The number of hydrogen-bond acceptors (Lipinski definition) is 3. The van der Waals surface area contributed by atoms with Gasteiger partial charge in [-0.1, -0.05) is 0 Å². The number of hydrogen-bond donors (Lipinski definition) is 1. The number of benzene rings is 1. The summed E-state index contributed by atoms with van der Waals surface area (Å²) in [5, 5.41) is 9.52. The van der Waals surface area contributed by atoms with Crippen molar-refractivity contribution in [3.05, 3.63) is 29.1 Å². The van der Waals surface area contributed by atoms with Gasteiger partial charge in [-0.2, -0.15) is 11.8 Å². The molecule has 1 aliphatic rings. The second-order valence-electron chi connectivity index (χ2n) is 5.38. The lowest BCUT2D eigenvalue weighted by Gasteiger charge is -2.11. The number of thioether (sulfide) groups is 1. The van der Waals surface area contributed by atoms with E-state index in [-0.39, 0.29) is 6.54 Å². The standard InChI is InChI=1S/C15H18N2O2S/c1-9-6-11-12(7-10(9)2)17(8-14(18)19)15(16-11)13-4-3-5-20-13/h6-7,13H,3-5,8H2,1-2H3,(H,18,19). The molecule has 2 aromatic rings. The number of nitrogens with zero attached hydrogens (tertiary/aromatic N) is 2. The molecule has 0 bridgehead atoms. The molecule has 2 heterocycles. The Bertz CT molecular complexity index is 672. The molecule has 3 rings (SSSR count). The van der Waals surface area contributed by atoms with E-state index in [9.17, 15) is 9.90 Å². The first-order valence-corrected chi connectivity index (χ1v) is 7.92.